The lowest BCUT2D eigenvalue weighted by molar-refractivity contribution is -0.0684. The molecule has 0 bridgehead atoms. The van der Waals surface area contributed by atoms with Gasteiger partial charge in [0.15, 0.2) is 45.1 Å². The molecule has 0 radical (unpaired) electrons. The molecule has 0 spiro atoms. The van der Waals surface area contributed by atoms with Crippen LogP contribution >= 0.6 is 39.2 Å². The first-order chi connectivity index (χ1) is 23.6. The third-order valence-electron chi connectivity index (χ3n) is 7.88. The molecule has 3 aliphatic heterocycles. The van der Waals surface area contributed by atoms with Crippen LogP contribution < -0.4 is 22.6 Å². The zero-order chi connectivity index (χ0) is 35.9. The largest absolute Gasteiger partial charge is 0.472 e. The smallest absolute Gasteiger partial charge is 0.386 e. The maximum absolute atomic E-state index is 13.3. The predicted octanol–water partition coefficient (Wildman–Crippen LogP) is -1.60. The fourth-order valence-electron chi connectivity index (χ4n) is 5.81. The van der Waals surface area contributed by atoms with Gasteiger partial charge in [0, 0.05) is 0 Å². The second-order valence-electron chi connectivity index (χ2n) is 11.0. The Labute approximate surface area is 286 Å². The van der Waals surface area contributed by atoms with Crippen molar-refractivity contribution in [3.8, 4) is 0 Å². The van der Waals surface area contributed by atoms with Gasteiger partial charge in [0.25, 0.3) is 11.1 Å². The lowest BCUT2D eigenvalue weighted by Crippen LogP contribution is -2.39. The minimum Gasteiger partial charge on any atom is -0.386 e. The maximum Gasteiger partial charge on any atom is 0.472 e. The zero-order valence-electron chi connectivity index (χ0n) is 25.5. The lowest BCUT2D eigenvalue weighted by atomic mass is 10.1. The van der Waals surface area contributed by atoms with E-state index in [0.717, 1.165) is 23.5 Å². The topological polar surface area (TPSA) is 350 Å². The first-order valence-electron chi connectivity index (χ1n) is 14.2. The van der Waals surface area contributed by atoms with Crippen LogP contribution in [0.4, 0.5) is 11.9 Å². The average molecular weight is 783 g/mol. The minimum atomic E-state index is -5.14. The summed E-state index contributed by atoms with van der Waals surface area (Å²) in [6.45, 7) is -1.76. The highest BCUT2D eigenvalue weighted by Crippen LogP contribution is 2.54. The molecule has 0 amide bonds. The summed E-state index contributed by atoms with van der Waals surface area (Å²) in [6.07, 6.45) is -10.0. The van der Waals surface area contributed by atoms with Crippen molar-refractivity contribution < 1.29 is 56.7 Å². The number of hydrogen-bond donors (Lipinski definition) is 8. The Balaban J connectivity index is 1.21. The number of nitrogens with one attached hydrogen (secondary N) is 2. The van der Waals surface area contributed by atoms with Gasteiger partial charge < -0.3 is 40.9 Å². The van der Waals surface area contributed by atoms with Crippen molar-refractivity contribution in [3.05, 3.63) is 20.7 Å². The average Bonchev–Trinajstić information content (AvgIpc) is 3.76. The molecule has 0 saturated carbocycles. The Morgan fingerprint density at radius 1 is 0.740 bits per heavy atom. The molecular formula is C22H28N10O14P2S2. The van der Waals surface area contributed by atoms with Crippen LogP contribution in [-0.4, -0.2) is 121 Å². The third kappa shape index (κ3) is 6.17. The van der Waals surface area contributed by atoms with Crippen molar-refractivity contribution in [2.45, 2.75) is 59.4 Å². The second-order valence-corrected chi connectivity index (χ2v) is 15.3. The molecule has 7 rings (SSSR count). The summed E-state index contributed by atoms with van der Waals surface area (Å²) >= 11 is 2.08. The van der Waals surface area contributed by atoms with Crippen LogP contribution in [0.5, 0.6) is 0 Å². The van der Waals surface area contributed by atoms with E-state index < -0.39 is 89.1 Å². The summed E-state index contributed by atoms with van der Waals surface area (Å²) in [4.78, 5) is 67.7. The molecule has 0 aliphatic carbocycles. The highest BCUT2D eigenvalue weighted by Gasteiger charge is 2.54. The van der Waals surface area contributed by atoms with E-state index in [-0.39, 0.29) is 44.5 Å². The number of aliphatic hydroxyl groups excluding tert-OH is 2. The van der Waals surface area contributed by atoms with Gasteiger partial charge in [0.2, 0.25) is 11.9 Å². The molecule has 4 aromatic heterocycles. The number of thioether (sulfide) groups is 2. The first kappa shape index (κ1) is 35.5. The van der Waals surface area contributed by atoms with Gasteiger partial charge in [-0.2, -0.15) is 9.97 Å². The normalized spacial score (nSPS) is 35.2. The molecule has 4 aromatic rings. The Morgan fingerprint density at radius 3 is 1.48 bits per heavy atom. The minimum absolute atomic E-state index is 0.108. The molecule has 7 heterocycles. The van der Waals surface area contributed by atoms with Gasteiger partial charge in [-0.15, -0.1) is 0 Å². The van der Waals surface area contributed by atoms with E-state index in [1.54, 1.807) is 12.5 Å². The van der Waals surface area contributed by atoms with Gasteiger partial charge in [-0.05, 0) is 12.5 Å². The fourth-order valence-corrected chi connectivity index (χ4v) is 8.87. The van der Waals surface area contributed by atoms with Crippen LogP contribution in [0.3, 0.4) is 0 Å². The molecule has 3 aliphatic rings. The van der Waals surface area contributed by atoms with Gasteiger partial charge in [-0.25, -0.2) is 19.1 Å². The van der Waals surface area contributed by atoms with Crippen molar-refractivity contribution in [1.29, 1.82) is 0 Å². The van der Waals surface area contributed by atoms with Gasteiger partial charge in [-0.1, -0.05) is 23.5 Å². The standard InChI is InChI=1S/C22H28N10O14P2S2/c1-49-21-25-7-13(27-19(23)29-15(7)35)31(21)17-9(33)11-5(43-17)3-41-48(39,40)46-12-6(4-42-47(37,38)45-11)44-18(10(12)34)32-14-8(26-22(32)50-2)16(36)30-20(24)28-14/h5-6,9-12,17-18,33-34H,3-4H2,1-2H3,(H,37,38)(H,39,40)(H3,23,27,29,35)(H3,24,28,30,36)/t5-,6-,9+,10+,11?,12?,17-,18-/m1/s1. The molecule has 0 aromatic carbocycles. The van der Waals surface area contributed by atoms with E-state index in [9.17, 15) is 38.7 Å². The number of fused-ring (bicyclic) bond motifs is 4. The number of aromatic nitrogens is 8. The summed E-state index contributed by atoms with van der Waals surface area (Å²) in [5.41, 5.74) is 9.53. The molecule has 10 N–H and O–H groups in total. The number of phosphoric ester groups is 2. The molecule has 10 atom stereocenters. The maximum atomic E-state index is 13.3. The molecule has 4 unspecified atom stereocenters. The SMILES string of the molecule is CSc1nc2c(=O)[nH]c(N)nc2n1[C@@H]1O[C@@H]2COP(=O)(O)OC3[C@@H](COP(=O)(O)OC2[C@@H]1O)O[C@@H](n1c(SC)nc2c(=O)[nH]c(N)nc21)[C@H]3O. The second kappa shape index (κ2) is 12.9. The first-order valence-corrected chi connectivity index (χ1v) is 19.7. The van der Waals surface area contributed by atoms with E-state index in [2.05, 4.69) is 29.9 Å². The van der Waals surface area contributed by atoms with Gasteiger partial charge >= 0.3 is 15.6 Å². The summed E-state index contributed by atoms with van der Waals surface area (Å²) in [5, 5.41) is 23.0. The Kier molecular flexibility index (Phi) is 9.17. The molecule has 24 nitrogen and oxygen atoms in total. The van der Waals surface area contributed by atoms with Gasteiger partial charge in [-0.3, -0.25) is 46.8 Å². The van der Waals surface area contributed by atoms with Crippen LogP contribution in [0.25, 0.3) is 22.3 Å². The molecule has 272 valence electrons. The number of ether oxygens (including phenoxy) is 2. The monoisotopic (exact) mass is 782 g/mol. The number of anilines is 2. The van der Waals surface area contributed by atoms with Crippen molar-refractivity contribution in [2.24, 2.45) is 0 Å². The van der Waals surface area contributed by atoms with Crippen LogP contribution in [-0.2, 0) is 36.7 Å². The summed E-state index contributed by atoms with van der Waals surface area (Å²) in [6, 6.07) is 0. The molecule has 3 saturated heterocycles. The third-order valence-corrected chi connectivity index (χ3v) is 11.2. The van der Waals surface area contributed by atoms with Crippen molar-refractivity contribution in [2.75, 3.05) is 37.2 Å². The fraction of sp³-hybridized carbons (Fsp3) is 0.545. The molecule has 28 heteroatoms. The lowest BCUT2D eigenvalue weighted by Gasteiger charge is -2.27. The Bertz CT molecular complexity index is 2050. The molecule has 50 heavy (non-hydrogen) atoms. The van der Waals surface area contributed by atoms with Crippen molar-refractivity contribution in [3.63, 3.8) is 0 Å². The van der Waals surface area contributed by atoms with E-state index in [0.29, 0.717) is 0 Å². The van der Waals surface area contributed by atoms with E-state index in [1.807, 2.05) is 0 Å². The van der Waals surface area contributed by atoms with Crippen molar-refractivity contribution >= 4 is 73.4 Å². The summed E-state index contributed by atoms with van der Waals surface area (Å²) in [7, 11) is -10.3. The highest BCUT2D eigenvalue weighted by molar-refractivity contribution is 7.98. The number of imidazole rings is 2. The predicted molar refractivity (Wildman–Crippen MR) is 170 cm³/mol. The number of rotatable bonds is 4. The zero-order valence-corrected chi connectivity index (χ0v) is 28.9. The molecular weight excluding hydrogens is 754 g/mol. The number of aromatic amines is 2. The van der Waals surface area contributed by atoms with E-state index >= 15 is 0 Å². The van der Waals surface area contributed by atoms with E-state index in [1.165, 1.54) is 9.13 Å². The highest BCUT2D eigenvalue weighted by atomic mass is 32.2. The number of H-pyrrole nitrogens is 2. The van der Waals surface area contributed by atoms with Crippen molar-refractivity contribution in [1.82, 2.24) is 39.0 Å². The quantitative estimate of drug-likeness (QED) is 0.0853. The van der Waals surface area contributed by atoms with Gasteiger partial charge in [0.1, 0.15) is 36.6 Å². The van der Waals surface area contributed by atoms with Crippen LogP contribution in [0, 0.1) is 0 Å². The Hall–Kier alpha value is -2.94. The number of nitrogen functional groups attached to an aromatic ring is 2. The number of aliphatic hydroxyl groups is 2. The number of nitrogens with two attached hydrogens (primary N) is 2. The van der Waals surface area contributed by atoms with E-state index in [4.69, 9.17) is 39.0 Å². The number of nitrogens with zero attached hydrogens (tertiary/aromatic N) is 6. The number of phosphoric acid groups is 2. The Morgan fingerprint density at radius 2 is 1.12 bits per heavy atom. The summed E-state index contributed by atoms with van der Waals surface area (Å²) in [5.74, 6) is -0.558. The summed E-state index contributed by atoms with van der Waals surface area (Å²) < 4.78 is 61.9. The molecule has 3 fully saturated rings. The van der Waals surface area contributed by atoms with Gasteiger partial charge in [0.05, 0.1) is 13.2 Å². The number of hydrogen-bond acceptors (Lipinski definition) is 20. The van der Waals surface area contributed by atoms with Crippen LogP contribution in [0.15, 0.2) is 19.9 Å². The van der Waals surface area contributed by atoms with Crippen LogP contribution in [0.1, 0.15) is 12.5 Å². The van der Waals surface area contributed by atoms with Crippen LogP contribution in [0.2, 0.25) is 0 Å².